The maximum atomic E-state index is 14.6. The molecule has 1 aromatic rings. The van der Waals surface area contributed by atoms with Gasteiger partial charge in [-0.1, -0.05) is 55.4 Å². The molecule has 0 saturated carbocycles. The highest BCUT2D eigenvalue weighted by Gasteiger charge is 2.41. The van der Waals surface area contributed by atoms with Crippen LogP contribution in [0.25, 0.3) is 0 Å². The molecule has 16 amide bonds. The number of thioether (sulfide) groups is 1. The summed E-state index contributed by atoms with van der Waals surface area (Å²) in [5.74, 6) is -27.0. The first kappa shape index (κ1) is 110. The Kier molecular flexibility index (Phi) is 49.0. The number of aliphatic carboxylic acids is 4. The molecule has 0 spiro atoms. The van der Waals surface area contributed by atoms with Gasteiger partial charge in [0.25, 0.3) is 0 Å². The third-order valence-corrected chi connectivity index (χ3v) is 19.1. The minimum atomic E-state index is -2.25. The number of amides is 16. The lowest BCUT2D eigenvalue weighted by atomic mass is 9.98. The van der Waals surface area contributed by atoms with Gasteiger partial charge in [-0.3, -0.25) is 96.1 Å². The summed E-state index contributed by atoms with van der Waals surface area (Å²) in [6, 6.07) is -27.1. The van der Waals surface area contributed by atoms with Gasteiger partial charge in [0.05, 0.1) is 38.0 Å². The summed E-state index contributed by atoms with van der Waals surface area (Å²) < 4.78 is 0. The summed E-state index contributed by atoms with van der Waals surface area (Å²) in [6.45, 7) is 16.1. The first-order valence-electron chi connectivity index (χ1n) is 39.7. The van der Waals surface area contributed by atoms with Crippen molar-refractivity contribution in [3.05, 3.63) is 18.2 Å². The Bertz CT molecular complexity index is 3860. The van der Waals surface area contributed by atoms with Crippen molar-refractivity contribution in [3.8, 4) is 0 Å². The standard InChI is InChI=1S/C74H124N22O27S/c1-31(2)23-44(63(112)83-35(9)58(107)87-43(73(122)123)15-14-21-80-74(77)78)88-66(115)48(27-53(105)106)90-67(116)47(26-52(103)104)89-61(110)40(16-18-50(75)100)85-68(117)49(29-97)93-62(111)42(20-22-124-13)86-65(114)46(25-39-28-79-30-81-39)92-70(119)55(33(5)6)95-71(120)56(34(7)8)94-59(108)36(10)82-60(109)41(17-19-51(101)102)84-64(113)45(24-32(3)4)91-72(121)57(38(12)99)96-69(118)54(76)37(11)98/h28,30-38,40-49,54-57,97-99H,14-27,29,76H2,1-13H3,(H2,75,100)(H,79,81)(H,82,109)(H,83,112)(H,84,113)(H,85,117)(H,86,114)(H,87,107)(H,88,115)(H,89,110)(H,90,116)(H,91,121)(H,92,119)(H,93,111)(H,94,108)(H,95,120)(H,96,118)(H,101,102)(H,103,104)(H,105,106)(H,122,123)(H4,77,78,80)/t35-,36-,37+,38+,40-,41-,42-,43-,44-,45-,46-,47-,48-,49-,54-,55-,56-,57-/m0/s1. The lowest BCUT2D eigenvalue weighted by molar-refractivity contribution is -0.144. The fourth-order valence-electron chi connectivity index (χ4n) is 11.5. The summed E-state index contributed by atoms with van der Waals surface area (Å²) in [5, 5.41) is 105. The smallest absolute Gasteiger partial charge is 0.326 e. The predicted molar refractivity (Wildman–Crippen MR) is 440 cm³/mol. The molecule has 0 saturated heterocycles. The Morgan fingerprint density at radius 2 is 0.774 bits per heavy atom. The average Bonchev–Trinajstić information content (AvgIpc) is 1.26. The lowest BCUT2D eigenvalue weighted by Crippen LogP contribution is -2.62. The van der Waals surface area contributed by atoms with E-state index >= 15 is 0 Å². The molecule has 0 aliphatic carbocycles. The molecule has 18 atom stereocenters. The summed E-state index contributed by atoms with van der Waals surface area (Å²) in [5.41, 5.74) is 21.9. The topological polar surface area (TPSA) is 809 Å². The Morgan fingerprint density at radius 1 is 0.411 bits per heavy atom. The number of H-pyrrole nitrogens is 1. The highest BCUT2D eigenvalue weighted by molar-refractivity contribution is 7.98. The molecule has 0 fully saturated rings. The normalized spacial score (nSPS) is 15.6. The van der Waals surface area contributed by atoms with Gasteiger partial charge >= 0.3 is 23.9 Å². The number of carbonyl (C=O) groups excluding carboxylic acids is 16. The Labute approximate surface area is 718 Å². The molecule has 698 valence electrons. The molecule has 0 bridgehead atoms. The van der Waals surface area contributed by atoms with Crippen molar-refractivity contribution in [3.63, 3.8) is 0 Å². The Balaban J connectivity index is 3.57. The van der Waals surface area contributed by atoms with Gasteiger partial charge < -0.3 is 143 Å². The van der Waals surface area contributed by atoms with E-state index in [0.717, 1.165) is 6.92 Å². The molecular weight excluding hydrogens is 1660 g/mol. The fourth-order valence-corrected chi connectivity index (χ4v) is 12.0. The number of hydrogen-bond donors (Lipinski definition) is 27. The van der Waals surface area contributed by atoms with Gasteiger partial charge in [-0.15, -0.1) is 0 Å². The molecule has 0 aromatic carbocycles. The second kappa shape index (κ2) is 55.2. The number of imidazole rings is 1. The zero-order valence-electron chi connectivity index (χ0n) is 71.4. The van der Waals surface area contributed by atoms with Crippen LogP contribution < -0.4 is 103 Å². The number of aromatic nitrogens is 2. The quantitative estimate of drug-likeness (QED) is 0.0164. The number of nitrogens with zero attached hydrogens (tertiary/aromatic N) is 2. The molecule has 1 aromatic heterocycles. The average molecular weight is 1790 g/mol. The molecule has 0 aliphatic heterocycles. The van der Waals surface area contributed by atoms with Gasteiger partial charge in [0, 0.05) is 37.7 Å². The first-order valence-corrected chi connectivity index (χ1v) is 41.1. The summed E-state index contributed by atoms with van der Waals surface area (Å²) in [7, 11) is 0. The maximum Gasteiger partial charge on any atom is 0.326 e. The minimum absolute atomic E-state index is 0.0239. The van der Waals surface area contributed by atoms with Crippen LogP contribution in [0, 0.1) is 23.7 Å². The zero-order chi connectivity index (χ0) is 94.9. The molecular formula is C74H124N22O27S. The van der Waals surface area contributed by atoms with Gasteiger partial charge in [-0.05, 0) is 108 Å². The van der Waals surface area contributed by atoms with Crippen LogP contribution in [0.1, 0.15) is 159 Å². The van der Waals surface area contributed by atoms with Crippen molar-refractivity contribution in [2.24, 2.45) is 51.6 Å². The second-order valence-corrected chi connectivity index (χ2v) is 31.9. The number of guanidine groups is 1. The van der Waals surface area contributed by atoms with Crippen LogP contribution in [0.2, 0.25) is 0 Å². The first-order chi connectivity index (χ1) is 57.7. The van der Waals surface area contributed by atoms with Crippen molar-refractivity contribution in [1.82, 2.24) is 89.7 Å². The number of aliphatic hydroxyl groups excluding tert-OH is 3. The fraction of sp³-hybridized carbons (Fsp3) is 0.676. The highest BCUT2D eigenvalue weighted by Crippen LogP contribution is 2.15. The largest absolute Gasteiger partial charge is 0.481 e. The molecule has 1 heterocycles. The molecule has 0 aliphatic rings. The van der Waals surface area contributed by atoms with Gasteiger partial charge in [0.15, 0.2) is 5.96 Å². The number of nitrogens with two attached hydrogens (primary N) is 4. The number of primary amides is 1. The van der Waals surface area contributed by atoms with Crippen molar-refractivity contribution in [2.75, 3.05) is 25.2 Å². The number of aliphatic hydroxyl groups is 3. The number of carbonyl (C=O) groups is 20. The van der Waals surface area contributed by atoms with Crippen molar-refractivity contribution in [2.45, 2.75) is 269 Å². The van der Waals surface area contributed by atoms with Crippen molar-refractivity contribution in [1.29, 1.82) is 0 Å². The van der Waals surface area contributed by atoms with E-state index < -0.39 is 290 Å². The van der Waals surface area contributed by atoms with E-state index in [0.29, 0.717) is 0 Å². The third kappa shape index (κ3) is 41.3. The molecule has 124 heavy (non-hydrogen) atoms. The molecule has 50 heteroatoms. The second-order valence-electron chi connectivity index (χ2n) is 31.0. The van der Waals surface area contributed by atoms with E-state index in [1.165, 1.54) is 72.8 Å². The number of nitrogens with one attached hydrogen (secondary N) is 16. The molecule has 0 radical (unpaired) electrons. The van der Waals surface area contributed by atoms with Crippen LogP contribution >= 0.6 is 11.8 Å². The minimum Gasteiger partial charge on any atom is -0.481 e. The predicted octanol–water partition coefficient (Wildman–Crippen LogP) is -9.28. The van der Waals surface area contributed by atoms with Gasteiger partial charge in [-0.25, -0.2) is 9.78 Å². The van der Waals surface area contributed by atoms with E-state index in [1.54, 1.807) is 34.0 Å². The van der Waals surface area contributed by atoms with Gasteiger partial charge in [0.1, 0.15) is 96.7 Å². The number of carboxylic acids is 4. The van der Waals surface area contributed by atoms with Gasteiger partial charge in [-0.2, -0.15) is 11.8 Å². The van der Waals surface area contributed by atoms with Crippen molar-refractivity contribution >= 4 is 136 Å². The van der Waals surface area contributed by atoms with Crippen LogP contribution in [0.3, 0.4) is 0 Å². The summed E-state index contributed by atoms with van der Waals surface area (Å²) in [4.78, 5) is 279. The van der Waals surface area contributed by atoms with Gasteiger partial charge in [0.2, 0.25) is 94.5 Å². The molecule has 49 nitrogen and oxygen atoms in total. The third-order valence-electron chi connectivity index (χ3n) is 18.4. The summed E-state index contributed by atoms with van der Waals surface area (Å²) in [6.07, 6.45) is -4.91. The van der Waals surface area contributed by atoms with Crippen LogP contribution in [0.4, 0.5) is 0 Å². The van der Waals surface area contributed by atoms with E-state index in [1.807, 2.05) is 10.6 Å². The molecule has 31 N–H and O–H groups in total. The highest BCUT2D eigenvalue weighted by atomic mass is 32.2. The van der Waals surface area contributed by atoms with Crippen molar-refractivity contribution < 1.29 is 132 Å². The van der Waals surface area contributed by atoms with Crippen LogP contribution in [0.5, 0.6) is 0 Å². The Hall–Kier alpha value is -11.9. The molecule has 1 rings (SSSR count). The Morgan fingerprint density at radius 3 is 1.19 bits per heavy atom. The number of aliphatic imine (C=N–C) groups is 1. The van der Waals surface area contributed by atoms with Crippen LogP contribution in [-0.2, 0) is 102 Å². The van der Waals surface area contributed by atoms with E-state index in [2.05, 4.69) is 84.1 Å². The maximum absolute atomic E-state index is 14.6. The van der Waals surface area contributed by atoms with E-state index in [9.17, 15) is 132 Å². The van der Waals surface area contributed by atoms with E-state index in [-0.39, 0.29) is 68.4 Å². The number of hydrogen-bond acceptors (Lipinski definition) is 27. The SMILES string of the molecule is CSCC[C@H](NC(=O)[C@H](Cc1cnc[nH]1)NC(=O)[C@@H](NC(=O)[C@@H](NC(=O)[C@H](C)NC(=O)[C@H](CCC(=O)O)NC(=O)[C@H](CC(C)C)NC(=O)[C@@H](NC(=O)[C@@H](N)[C@@H](C)O)[C@@H](C)O)C(C)C)C(C)C)C(=O)N[C@@H](CO)C(=O)N[C@@H](CCC(N)=O)C(=O)N[C@@H](CC(=O)O)C(=O)N[C@@H](CC(=O)O)C(=O)N[C@@H](CC(C)C)C(=O)N[C@@H](C)C(=O)N[C@@H](CCCN=C(N)N)C(=O)O. The number of carboxylic acid groups (broad SMARTS) is 4. The van der Waals surface area contributed by atoms with Crippen LogP contribution in [-0.4, -0.2) is 304 Å². The van der Waals surface area contributed by atoms with E-state index in [4.69, 9.17) is 22.9 Å². The lowest BCUT2D eigenvalue weighted by Gasteiger charge is -2.30. The number of aromatic amines is 1. The van der Waals surface area contributed by atoms with Crippen LogP contribution in [0.15, 0.2) is 17.5 Å². The zero-order valence-corrected chi connectivity index (χ0v) is 72.2. The monoisotopic (exact) mass is 1780 g/mol. The number of rotatable bonds is 59. The summed E-state index contributed by atoms with van der Waals surface area (Å²) >= 11 is 1.18. The molecule has 0 unspecified atom stereocenters.